The summed E-state index contributed by atoms with van der Waals surface area (Å²) in [7, 11) is 3.31. The Morgan fingerprint density at radius 2 is 1.72 bits per heavy atom. The molecule has 362 valence electrons. The standard InChI is InChI=1S/C51H59F2N11O5/c1-31(65)60-22-15-40-39(29-60)49(62-17-5-7-33-24-36(38(48(52)53)25-43(33)62)37-26-45-54-16-23-61(45)30-44(37)69-3)56-64(40)35-13-20-58(21-14-35)27-32-11-18-59(19-12-32)28-34-6-4-8-41-47(34)57(2)51(68)63(41)42-9-10-46(66)55-50(42)67/h4,6,8,16,23-26,30,32,35,42,48H,5,7,9-15,17-22,27-29H2,1-3H3,(H,55,66,67). The van der Waals surface area contributed by atoms with E-state index in [1.54, 1.807) is 60.9 Å². The Balaban J connectivity index is 0.779. The Kier molecular flexibility index (Phi) is 11.9. The van der Waals surface area contributed by atoms with Crippen LogP contribution in [0, 0.1) is 5.92 Å². The van der Waals surface area contributed by atoms with Crippen LogP contribution in [0.3, 0.4) is 0 Å². The molecule has 0 saturated carbocycles. The number of halogens is 2. The average Bonchev–Trinajstić information content (AvgIpc) is 4.05. The van der Waals surface area contributed by atoms with Gasteiger partial charge in [0.2, 0.25) is 17.7 Å². The molecule has 1 atom stereocenters. The number of alkyl halides is 2. The number of rotatable bonds is 10. The fourth-order valence-corrected chi connectivity index (χ4v) is 12.0. The Hall–Kier alpha value is -6.40. The first-order chi connectivity index (χ1) is 33.4. The highest BCUT2D eigenvalue weighted by molar-refractivity contribution is 6.00. The predicted octanol–water partition coefficient (Wildman–Crippen LogP) is 6.31. The van der Waals surface area contributed by atoms with E-state index in [1.807, 2.05) is 27.5 Å². The maximum absolute atomic E-state index is 15.2. The molecular formula is C51H59F2N11O5. The molecule has 0 spiro atoms. The second kappa shape index (κ2) is 18.2. The molecule has 16 nitrogen and oxygen atoms in total. The van der Waals surface area contributed by atoms with Gasteiger partial charge in [-0.05, 0) is 105 Å². The van der Waals surface area contributed by atoms with E-state index < -0.39 is 18.4 Å². The first-order valence-electron chi connectivity index (χ1n) is 24.5. The number of aromatic nitrogens is 6. The highest BCUT2D eigenvalue weighted by atomic mass is 19.3. The van der Waals surface area contributed by atoms with Crippen LogP contribution in [0.4, 0.5) is 20.3 Å². The maximum atomic E-state index is 15.2. The van der Waals surface area contributed by atoms with Gasteiger partial charge in [0, 0.05) is 107 Å². The molecule has 2 aromatic carbocycles. The summed E-state index contributed by atoms with van der Waals surface area (Å²) in [6.45, 7) is 8.85. The molecule has 3 saturated heterocycles. The summed E-state index contributed by atoms with van der Waals surface area (Å²) < 4.78 is 43.4. The van der Waals surface area contributed by atoms with E-state index in [-0.39, 0.29) is 35.5 Å². The van der Waals surface area contributed by atoms with Gasteiger partial charge in [-0.2, -0.15) is 5.10 Å². The zero-order valence-corrected chi connectivity index (χ0v) is 39.5. The number of hydrogen-bond acceptors (Lipinski definition) is 10. The molecule has 1 unspecified atom stereocenters. The summed E-state index contributed by atoms with van der Waals surface area (Å²) in [6, 6.07) is 10.7. The fraction of sp³-hybridized carbons (Fsp3) is 0.490. The fourth-order valence-electron chi connectivity index (χ4n) is 12.0. The second-order valence-corrected chi connectivity index (χ2v) is 19.7. The van der Waals surface area contributed by atoms with Crippen LogP contribution in [0.2, 0.25) is 0 Å². The third-order valence-electron chi connectivity index (χ3n) is 15.6. The Morgan fingerprint density at radius 1 is 0.928 bits per heavy atom. The summed E-state index contributed by atoms with van der Waals surface area (Å²) in [6.07, 6.45) is 9.32. The van der Waals surface area contributed by atoms with Crippen LogP contribution in [0.1, 0.15) is 98.3 Å². The minimum Gasteiger partial charge on any atom is -0.495 e. The van der Waals surface area contributed by atoms with E-state index in [1.165, 1.54) is 0 Å². The first kappa shape index (κ1) is 45.1. The van der Waals surface area contributed by atoms with Crippen molar-refractivity contribution in [3.05, 3.63) is 93.4 Å². The summed E-state index contributed by atoms with van der Waals surface area (Å²) in [4.78, 5) is 64.4. The molecule has 11 rings (SSSR count). The number of para-hydroxylation sites is 1. The minimum atomic E-state index is -2.74. The van der Waals surface area contributed by atoms with Gasteiger partial charge < -0.3 is 23.8 Å². The molecular weight excluding hydrogens is 885 g/mol. The van der Waals surface area contributed by atoms with Crippen molar-refractivity contribution in [2.24, 2.45) is 13.0 Å². The monoisotopic (exact) mass is 943 g/mol. The number of hydrogen-bond donors (Lipinski definition) is 1. The number of imidazole rings is 2. The number of ether oxygens (including phenoxy) is 1. The Bertz CT molecular complexity index is 3050. The van der Waals surface area contributed by atoms with Crippen molar-refractivity contribution in [1.29, 1.82) is 0 Å². The zero-order chi connectivity index (χ0) is 47.7. The maximum Gasteiger partial charge on any atom is 0.329 e. The molecule has 18 heteroatoms. The number of piperidine rings is 3. The van der Waals surface area contributed by atoms with Gasteiger partial charge in [0.05, 0.1) is 36.9 Å². The summed E-state index contributed by atoms with van der Waals surface area (Å²) in [5.74, 6) is 1.10. The number of amides is 3. The largest absolute Gasteiger partial charge is 0.495 e. The molecule has 5 aliphatic heterocycles. The average molecular weight is 944 g/mol. The lowest BCUT2D eigenvalue weighted by Gasteiger charge is -2.38. The van der Waals surface area contributed by atoms with Crippen LogP contribution in [-0.4, -0.2) is 114 Å². The number of benzene rings is 2. The van der Waals surface area contributed by atoms with Crippen LogP contribution in [-0.2, 0) is 47.4 Å². The van der Waals surface area contributed by atoms with E-state index in [0.29, 0.717) is 67.5 Å². The highest BCUT2D eigenvalue weighted by Gasteiger charge is 2.36. The van der Waals surface area contributed by atoms with Crippen molar-refractivity contribution in [2.75, 3.05) is 57.8 Å². The van der Waals surface area contributed by atoms with Crippen LogP contribution < -0.4 is 20.6 Å². The third-order valence-corrected chi connectivity index (χ3v) is 15.6. The lowest BCUT2D eigenvalue weighted by atomic mass is 9.91. The van der Waals surface area contributed by atoms with Crippen molar-refractivity contribution in [3.8, 4) is 16.9 Å². The van der Waals surface area contributed by atoms with Gasteiger partial charge in [-0.15, -0.1) is 0 Å². The number of anilines is 2. The lowest BCUT2D eigenvalue weighted by molar-refractivity contribution is -0.135. The van der Waals surface area contributed by atoms with Gasteiger partial charge in [-0.3, -0.25) is 38.4 Å². The number of carbonyl (C=O) groups is 3. The minimum absolute atomic E-state index is 0.0107. The number of pyridine rings is 1. The topological polar surface area (TPSA) is 147 Å². The van der Waals surface area contributed by atoms with Crippen molar-refractivity contribution in [3.63, 3.8) is 0 Å². The second-order valence-electron chi connectivity index (χ2n) is 19.7. The molecule has 3 fully saturated rings. The molecule has 3 amide bonds. The molecule has 4 aromatic heterocycles. The molecule has 0 radical (unpaired) electrons. The van der Waals surface area contributed by atoms with E-state index in [9.17, 15) is 19.2 Å². The predicted molar refractivity (Wildman–Crippen MR) is 256 cm³/mol. The van der Waals surface area contributed by atoms with E-state index in [0.717, 1.165) is 116 Å². The van der Waals surface area contributed by atoms with Crippen molar-refractivity contribution in [2.45, 2.75) is 96.3 Å². The molecule has 0 bridgehead atoms. The third kappa shape index (κ3) is 8.18. The molecule has 6 aromatic rings. The van der Waals surface area contributed by atoms with Gasteiger partial charge >= 0.3 is 5.69 Å². The number of carbonyl (C=O) groups excluding carboxylic acids is 3. The number of nitrogens with zero attached hydrogens (tertiary/aromatic N) is 10. The summed E-state index contributed by atoms with van der Waals surface area (Å²) in [5.41, 5.74) is 7.79. The Labute approximate surface area is 398 Å². The molecule has 5 aliphatic rings. The number of aryl methyl sites for hydroxylation is 2. The summed E-state index contributed by atoms with van der Waals surface area (Å²) in [5, 5.41) is 7.80. The van der Waals surface area contributed by atoms with Gasteiger partial charge in [0.25, 0.3) is 6.43 Å². The summed E-state index contributed by atoms with van der Waals surface area (Å²) >= 11 is 0. The number of fused-ring (bicyclic) bond motifs is 4. The van der Waals surface area contributed by atoms with Crippen LogP contribution in [0.25, 0.3) is 27.8 Å². The number of nitrogens with one attached hydrogen (secondary N) is 1. The highest BCUT2D eigenvalue weighted by Crippen LogP contribution is 2.45. The molecule has 0 aliphatic carbocycles. The molecule has 9 heterocycles. The van der Waals surface area contributed by atoms with E-state index in [4.69, 9.17) is 9.84 Å². The van der Waals surface area contributed by atoms with Crippen LogP contribution in [0.5, 0.6) is 5.75 Å². The van der Waals surface area contributed by atoms with Crippen molar-refractivity contribution < 1.29 is 27.9 Å². The SMILES string of the molecule is COc1cn2ccnc2cc1-c1cc2c(cc1C(F)F)N(c1nn(C3CCN(CC4CCN(Cc5cccc6c5n(C)c(=O)n6C5CCC(=O)NC5=O)CC4)CC3)c3c1CN(C(C)=O)CC3)CCC2. The van der Waals surface area contributed by atoms with Gasteiger partial charge in [-0.25, -0.2) is 18.6 Å². The first-order valence-corrected chi connectivity index (χ1v) is 24.5. The smallest absolute Gasteiger partial charge is 0.329 e. The molecule has 1 N–H and O–H groups in total. The number of methoxy groups -OCH3 is 1. The van der Waals surface area contributed by atoms with Crippen LogP contribution in [0.15, 0.2) is 59.8 Å². The van der Waals surface area contributed by atoms with Gasteiger partial charge in [0.1, 0.15) is 17.4 Å². The van der Waals surface area contributed by atoms with Gasteiger partial charge in [-0.1, -0.05) is 12.1 Å². The number of likely N-dealkylation sites (tertiary alicyclic amines) is 2. The lowest BCUT2D eigenvalue weighted by Crippen LogP contribution is -2.44. The van der Waals surface area contributed by atoms with Gasteiger partial charge in [0.15, 0.2) is 5.82 Å². The quantitative estimate of drug-likeness (QED) is 0.155. The normalized spacial score (nSPS) is 20.0. The zero-order valence-electron chi connectivity index (χ0n) is 39.5. The van der Waals surface area contributed by atoms with Crippen molar-refractivity contribution >= 4 is 45.9 Å². The molecule has 69 heavy (non-hydrogen) atoms. The number of imide groups is 1. The van der Waals surface area contributed by atoms with Crippen LogP contribution >= 0.6 is 0 Å². The Morgan fingerprint density at radius 3 is 2.48 bits per heavy atom. The van der Waals surface area contributed by atoms with E-state index >= 15 is 8.78 Å². The van der Waals surface area contributed by atoms with E-state index in [2.05, 4.69) is 35.7 Å². The van der Waals surface area contributed by atoms with Crippen molar-refractivity contribution in [1.82, 2.24) is 48.3 Å².